The van der Waals surface area contributed by atoms with Crippen LogP contribution in [-0.4, -0.2) is 11.0 Å². The predicted octanol–water partition coefficient (Wildman–Crippen LogP) is 6.25. The van der Waals surface area contributed by atoms with Gasteiger partial charge in [0, 0.05) is 29.7 Å². The second kappa shape index (κ2) is 8.02. The van der Waals surface area contributed by atoms with E-state index in [1.807, 2.05) is 0 Å². The molecule has 3 aromatic rings. The summed E-state index contributed by atoms with van der Waals surface area (Å²) in [5.74, 6) is 0. The Morgan fingerprint density at radius 2 is 1.63 bits per heavy atom. The second-order valence-corrected chi connectivity index (χ2v) is 6.59. The fourth-order valence-corrected chi connectivity index (χ4v) is 3.10. The number of pyridine rings is 1. The van der Waals surface area contributed by atoms with Crippen LogP contribution < -0.4 is 10.6 Å². The second-order valence-electron chi connectivity index (χ2n) is 6.21. The Balaban J connectivity index is 1.82. The lowest BCUT2D eigenvalue weighted by atomic mass is 10.0. The molecule has 0 spiro atoms. The number of aromatic nitrogens is 1. The van der Waals surface area contributed by atoms with Gasteiger partial charge in [0.15, 0.2) is 0 Å². The van der Waals surface area contributed by atoms with Gasteiger partial charge in [-0.15, -0.1) is 0 Å². The number of nitrogens with zero attached hydrogens (tertiary/aromatic N) is 1. The normalized spacial score (nSPS) is 12.1. The van der Waals surface area contributed by atoms with Crippen molar-refractivity contribution < 1.29 is 31.1 Å². The van der Waals surface area contributed by atoms with Gasteiger partial charge in [-0.2, -0.15) is 26.3 Å². The number of nitrogens with one attached hydrogen (secondary N) is 2. The van der Waals surface area contributed by atoms with Crippen molar-refractivity contribution in [2.24, 2.45) is 0 Å². The summed E-state index contributed by atoms with van der Waals surface area (Å²) in [6.45, 7) is -0.582. The maximum Gasteiger partial charge on any atom is 0.417 e. The number of carbonyl (C=O) groups excluding carboxylic acids is 1. The van der Waals surface area contributed by atoms with E-state index in [9.17, 15) is 31.1 Å². The zero-order chi connectivity index (χ0) is 22.1. The molecule has 1 aromatic heterocycles. The van der Waals surface area contributed by atoms with Gasteiger partial charge in [-0.25, -0.2) is 4.79 Å². The third kappa shape index (κ3) is 4.76. The van der Waals surface area contributed by atoms with Crippen molar-refractivity contribution >= 4 is 34.1 Å². The molecule has 0 radical (unpaired) electrons. The highest BCUT2D eigenvalue weighted by molar-refractivity contribution is 6.32. The average molecular weight is 448 g/mol. The van der Waals surface area contributed by atoms with Crippen molar-refractivity contribution in [3.05, 3.63) is 70.5 Å². The van der Waals surface area contributed by atoms with Crippen LogP contribution in [0.15, 0.2) is 48.8 Å². The summed E-state index contributed by atoms with van der Waals surface area (Å²) in [6, 6.07) is 6.79. The van der Waals surface area contributed by atoms with Crippen LogP contribution >= 0.6 is 11.6 Å². The number of hydrogen-bond donors (Lipinski definition) is 2. The molecule has 158 valence electrons. The summed E-state index contributed by atoms with van der Waals surface area (Å²) in [5, 5.41) is 4.71. The molecule has 0 unspecified atom stereocenters. The Hall–Kier alpha value is -3.01. The molecule has 0 atom stereocenters. The molecule has 2 aromatic carbocycles. The molecule has 0 aliphatic rings. The monoisotopic (exact) mass is 447 g/mol. The Kier molecular flexibility index (Phi) is 5.80. The molecule has 0 aliphatic heterocycles. The average Bonchev–Trinajstić information content (AvgIpc) is 2.65. The van der Waals surface area contributed by atoms with E-state index in [1.54, 1.807) is 30.5 Å². The number of benzene rings is 2. The van der Waals surface area contributed by atoms with Crippen LogP contribution in [0.3, 0.4) is 0 Å². The first-order valence-corrected chi connectivity index (χ1v) is 8.69. The van der Waals surface area contributed by atoms with Gasteiger partial charge in [0.1, 0.15) is 0 Å². The van der Waals surface area contributed by atoms with E-state index in [4.69, 9.17) is 11.6 Å². The molecule has 4 nitrogen and oxygen atoms in total. The van der Waals surface area contributed by atoms with E-state index < -0.39 is 46.6 Å². The first-order valence-electron chi connectivity index (χ1n) is 8.31. The maximum absolute atomic E-state index is 13.1. The molecule has 3 rings (SSSR count). The quantitative estimate of drug-likeness (QED) is 0.466. The zero-order valence-corrected chi connectivity index (χ0v) is 15.6. The smallest absolute Gasteiger partial charge is 0.334 e. The SMILES string of the molecule is O=C(NCc1cc(C(F)(F)F)c(Cl)c(C(F)(F)F)c1)Nc1cccc2cnccc12. The van der Waals surface area contributed by atoms with E-state index in [2.05, 4.69) is 15.6 Å². The van der Waals surface area contributed by atoms with Gasteiger partial charge in [0.05, 0.1) is 21.8 Å². The van der Waals surface area contributed by atoms with Gasteiger partial charge in [0.25, 0.3) is 0 Å². The number of rotatable bonds is 3. The Morgan fingerprint density at radius 1 is 1.00 bits per heavy atom. The minimum Gasteiger partial charge on any atom is -0.334 e. The van der Waals surface area contributed by atoms with Crippen molar-refractivity contribution in [1.82, 2.24) is 10.3 Å². The number of carbonyl (C=O) groups is 1. The standard InChI is InChI=1S/C19H12ClF6N3O/c20-16-13(18(21,22)23)6-10(7-14(16)19(24,25)26)8-28-17(30)29-15-3-1-2-11-9-27-5-4-12(11)15/h1-7,9H,8H2,(H2,28,29,30). The van der Waals surface area contributed by atoms with Crippen molar-refractivity contribution in [1.29, 1.82) is 0 Å². The molecule has 0 bridgehead atoms. The highest BCUT2D eigenvalue weighted by Crippen LogP contribution is 2.42. The molecule has 30 heavy (non-hydrogen) atoms. The van der Waals surface area contributed by atoms with Crippen LogP contribution in [0.5, 0.6) is 0 Å². The highest BCUT2D eigenvalue weighted by Gasteiger charge is 2.41. The lowest BCUT2D eigenvalue weighted by Crippen LogP contribution is -2.28. The number of hydrogen-bond acceptors (Lipinski definition) is 2. The third-order valence-electron chi connectivity index (χ3n) is 4.13. The molecular formula is C19H12ClF6N3O. The zero-order valence-electron chi connectivity index (χ0n) is 14.8. The molecule has 1 heterocycles. The predicted molar refractivity (Wildman–Crippen MR) is 99.1 cm³/mol. The van der Waals surface area contributed by atoms with Crippen molar-refractivity contribution in [2.45, 2.75) is 18.9 Å². The summed E-state index contributed by atoms with van der Waals surface area (Å²) >= 11 is 5.33. The van der Waals surface area contributed by atoms with Crippen molar-refractivity contribution in [3.63, 3.8) is 0 Å². The maximum atomic E-state index is 13.1. The van der Waals surface area contributed by atoms with Gasteiger partial charge >= 0.3 is 18.4 Å². The molecule has 2 amide bonds. The lowest BCUT2D eigenvalue weighted by Gasteiger charge is -2.17. The van der Waals surface area contributed by atoms with E-state index in [1.165, 1.54) is 6.20 Å². The topological polar surface area (TPSA) is 54.0 Å². The number of fused-ring (bicyclic) bond motifs is 1. The van der Waals surface area contributed by atoms with Crippen LogP contribution in [0.2, 0.25) is 5.02 Å². The van der Waals surface area contributed by atoms with E-state index in [0.717, 1.165) is 5.39 Å². The first-order chi connectivity index (χ1) is 14.0. The molecule has 0 saturated carbocycles. The number of urea groups is 1. The highest BCUT2D eigenvalue weighted by atomic mass is 35.5. The number of alkyl halides is 6. The minimum atomic E-state index is -5.09. The molecule has 0 fully saturated rings. The Labute approximate surface area is 170 Å². The van der Waals surface area contributed by atoms with E-state index >= 15 is 0 Å². The third-order valence-corrected chi connectivity index (χ3v) is 4.53. The Bertz CT molecular complexity index is 1060. The van der Waals surface area contributed by atoms with Gasteiger partial charge < -0.3 is 10.6 Å². The van der Waals surface area contributed by atoms with Crippen molar-refractivity contribution in [2.75, 3.05) is 5.32 Å². The summed E-state index contributed by atoms with van der Waals surface area (Å²) in [5.41, 5.74) is -3.26. The molecule has 0 aliphatic carbocycles. The Morgan fingerprint density at radius 3 is 2.23 bits per heavy atom. The molecular weight excluding hydrogens is 436 g/mol. The number of amides is 2. The number of halogens is 7. The fourth-order valence-electron chi connectivity index (χ4n) is 2.78. The lowest BCUT2D eigenvalue weighted by molar-refractivity contribution is -0.142. The number of anilines is 1. The van der Waals surface area contributed by atoms with Crippen LogP contribution in [0.1, 0.15) is 16.7 Å². The van der Waals surface area contributed by atoms with Crippen LogP contribution in [0.4, 0.5) is 36.8 Å². The van der Waals surface area contributed by atoms with Gasteiger partial charge in [-0.1, -0.05) is 23.7 Å². The van der Waals surface area contributed by atoms with E-state index in [-0.39, 0.29) is 0 Å². The van der Waals surface area contributed by atoms with Crippen LogP contribution in [-0.2, 0) is 18.9 Å². The van der Waals surface area contributed by atoms with Gasteiger partial charge in [0.2, 0.25) is 0 Å². The van der Waals surface area contributed by atoms with Crippen LogP contribution in [0.25, 0.3) is 10.8 Å². The summed E-state index contributed by atoms with van der Waals surface area (Å²) in [6.07, 6.45) is -7.10. The molecule has 0 saturated heterocycles. The largest absolute Gasteiger partial charge is 0.417 e. The summed E-state index contributed by atoms with van der Waals surface area (Å²) in [4.78, 5) is 16.1. The van der Waals surface area contributed by atoms with Crippen LogP contribution in [0, 0.1) is 0 Å². The van der Waals surface area contributed by atoms with Gasteiger partial charge in [-0.05, 0) is 29.8 Å². The summed E-state index contributed by atoms with van der Waals surface area (Å²) < 4.78 is 78.5. The molecule has 2 N–H and O–H groups in total. The van der Waals surface area contributed by atoms with Gasteiger partial charge in [-0.3, -0.25) is 4.98 Å². The van der Waals surface area contributed by atoms with E-state index in [0.29, 0.717) is 23.2 Å². The fraction of sp³-hybridized carbons (Fsp3) is 0.158. The molecule has 11 heteroatoms. The summed E-state index contributed by atoms with van der Waals surface area (Å²) in [7, 11) is 0. The minimum absolute atomic E-state index is 0.399. The first kappa shape index (κ1) is 21.7. The van der Waals surface area contributed by atoms with Crippen molar-refractivity contribution in [3.8, 4) is 0 Å².